The number of anilines is 1. The van der Waals surface area contributed by atoms with Crippen LogP contribution in [-0.4, -0.2) is 28.0 Å². The number of carbonyl (C=O) groups is 3. The number of carbonyl (C=O) groups excluding carboxylic acids is 3. The molecule has 1 fully saturated rings. The van der Waals surface area contributed by atoms with E-state index >= 15 is 0 Å². The van der Waals surface area contributed by atoms with Gasteiger partial charge in [0.25, 0.3) is 5.91 Å². The molecule has 1 unspecified atom stereocenters. The first-order valence-corrected chi connectivity index (χ1v) is 10.0. The number of benzene rings is 2. The molecular weight excluding hydrogens is 424 g/mol. The number of halogens is 1. The second kappa shape index (κ2) is 6.98. The van der Waals surface area contributed by atoms with Gasteiger partial charge in [0.05, 0.1) is 5.52 Å². The Morgan fingerprint density at radius 3 is 2.77 bits per heavy atom. The fourth-order valence-corrected chi connectivity index (χ4v) is 4.39. The van der Waals surface area contributed by atoms with Crippen molar-refractivity contribution in [1.29, 1.82) is 0 Å². The average Bonchev–Trinajstić information content (AvgIpc) is 3.17. The van der Waals surface area contributed by atoms with Gasteiger partial charge in [-0.2, -0.15) is 0 Å². The molecular formula is C21H17ClN4O5. The van der Waals surface area contributed by atoms with Crippen LogP contribution in [0.25, 0.3) is 11.1 Å². The van der Waals surface area contributed by atoms with Crippen LogP contribution >= 0.6 is 11.6 Å². The van der Waals surface area contributed by atoms with Crippen LogP contribution in [0.3, 0.4) is 0 Å². The molecule has 1 aromatic heterocycles. The second-order valence-electron chi connectivity index (χ2n) is 7.76. The maximum atomic E-state index is 12.6. The number of rotatable bonds is 3. The van der Waals surface area contributed by atoms with Crippen LogP contribution in [0, 0.1) is 0 Å². The van der Waals surface area contributed by atoms with Crippen molar-refractivity contribution in [1.82, 2.24) is 15.2 Å². The molecule has 3 aromatic rings. The third kappa shape index (κ3) is 3.36. The molecule has 0 bridgehead atoms. The summed E-state index contributed by atoms with van der Waals surface area (Å²) in [5, 5.41) is 8.26. The Morgan fingerprint density at radius 1 is 1.16 bits per heavy atom. The van der Waals surface area contributed by atoms with Crippen LogP contribution in [0.1, 0.15) is 17.5 Å². The van der Waals surface area contributed by atoms with E-state index in [1.54, 1.807) is 24.3 Å². The van der Waals surface area contributed by atoms with Gasteiger partial charge in [-0.05, 0) is 54.3 Å². The summed E-state index contributed by atoms with van der Waals surface area (Å²) in [5.41, 5.74) is 2.41. The Kier molecular flexibility index (Phi) is 4.37. The summed E-state index contributed by atoms with van der Waals surface area (Å²) in [4.78, 5) is 48.4. The first kappa shape index (κ1) is 19.4. The number of imide groups is 1. The van der Waals surface area contributed by atoms with Crippen LogP contribution in [0.2, 0.25) is 5.02 Å². The minimum Gasteiger partial charge on any atom is -0.408 e. The maximum Gasteiger partial charge on any atom is 0.420 e. The van der Waals surface area contributed by atoms with Crippen LogP contribution < -0.4 is 21.7 Å². The summed E-state index contributed by atoms with van der Waals surface area (Å²) in [6, 6.07) is 9.70. The maximum absolute atomic E-state index is 12.6. The predicted octanol–water partition coefficient (Wildman–Crippen LogP) is 1.95. The largest absolute Gasteiger partial charge is 0.420 e. The molecule has 2 aromatic carbocycles. The molecule has 2 aliphatic rings. The summed E-state index contributed by atoms with van der Waals surface area (Å²) < 4.78 is 6.37. The zero-order valence-corrected chi connectivity index (χ0v) is 16.9. The highest BCUT2D eigenvalue weighted by Crippen LogP contribution is 2.32. The van der Waals surface area contributed by atoms with E-state index in [4.69, 9.17) is 16.0 Å². The molecule has 0 saturated carbocycles. The Morgan fingerprint density at radius 2 is 2.00 bits per heavy atom. The SMILES string of the molecule is O=C(Cn1c(=O)oc2ccc(Cl)cc21)Nc1ccc2c(c1)CCC1(C2)NC(=O)NC1=O. The summed E-state index contributed by atoms with van der Waals surface area (Å²) in [7, 11) is 0. The van der Waals surface area contributed by atoms with Crippen molar-refractivity contribution in [3.63, 3.8) is 0 Å². The lowest BCUT2D eigenvalue weighted by molar-refractivity contribution is -0.124. The van der Waals surface area contributed by atoms with Crippen LogP contribution in [0.4, 0.5) is 10.5 Å². The van der Waals surface area contributed by atoms with Crippen LogP contribution in [0.15, 0.2) is 45.6 Å². The number of hydrogen-bond acceptors (Lipinski definition) is 5. The average molecular weight is 441 g/mol. The normalized spacial score (nSPS) is 19.9. The first-order valence-electron chi connectivity index (χ1n) is 9.67. The standard InChI is InChI=1S/C21H17ClN4O5/c22-13-2-4-16-15(8-13)26(20(30)31-16)10-17(27)23-14-3-1-12-9-21(6-5-11(12)7-14)18(28)24-19(29)25-21/h1-4,7-8H,5-6,9-10H2,(H,23,27)(H2,24,25,28,29). The van der Waals surface area contributed by atoms with Crippen molar-refractivity contribution in [3.8, 4) is 0 Å². The third-order valence-electron chi connectivity index (χ3n) is 5.75. The molecule has 1 atom stereocenters. The van der Waals surface area contributed by atoms with Gasteiger partial charge in [0.2, 0.25) is 5.91 Å². The zero-order chi connectivity index (χ0) is 21.8. The fraction of sp³-hybridized carbons (Fsp3) is 0.238. The Balaban J connectivity index is 1.33. The minimum absolute atomic E-state index is 0.224. The second-order valence-corrected chi connectivity index (χ2v) is 8.20. The molecule has 1 spiro atoms. The van der Waals surface area contributed by atoms with Gasteiger partial charge in [-0.3, -0.25) is 19.5 Å². The smallest absolute Gasteiger partial charge is 0.408 e. The molecule has 2 heterocycles. The third-order valence-corrected chi connectivity index (χ3v) is 5.98. The summed E-state index contributed by atoms with van der Waals surface area (Å²) in [6.07, 6.45) is 1.45. The zero-order valence-electron chi connectivity index (χ0n) is 16.2. The van der Waals surface area contributed by atoms with Gasteiger partial charge in [-0.15, -0.1) is 0 Å². The molecule has 9 nitrogen and oxygen atoms in total. The van der Waals surface area contributed by atoms with Gasteiger partial charge in [0.1, 0.15) is 12.1 Å². The van der Waals surface area contributed by atoms with Gasteiger partial charge in [0, 0.05) is 17.1 Å². The highest BCUT2D eigenvalue weighted by Gasteiger charge is 2.47. The Labute approximate surface area is 180 Å². The molecule has 158 valence electrons. The molecule has 31 heavy (non-hydrogen) atoms. The van der Waals surface area contributed by atoms with E-state index in [0.717, 1.165) is 11.1 Å². The number of urea groups is 1. The molecule has 1 saturated heterocycles. The van der Waals surface area contributed by atoms with Crippen LogP contribution in [-0.2, 0) is 29.0 Å². The minimum atomic E-state index is -0.903. The van der Waals surface area contributed by atoms with Crippen molar-refractivity contribution in [2.24, 2.45) is 0 Å². The molecule has 10 heteroatoms. The van der Waals surface area contributed by atoms with Crippen molar-refractivity contribution in [3.05, 3.63) is 63.1 Å². The van der Waals surface area contributed by atoms with Crippen molar-refractivity contribution < 1.29 is 18.8 Å². The molecule has 0 radical (unpaired) electrons. The lowest BCUT2D eigenvalue weighted by Crippen LogP contribution is -2.51. The lowest BCUT2D eigenvalue weighted by Gasteiger charge is -2.32. The molecule has 1 aliphatic heterocycles. The Bertz CT molecular complexity index is 1330. The van der Waals surface area contributed by atoms with E-state index in [1.807, 2.05) is 12.1 Å². The van der Waals surface area contributed by atoms with E-state index < -0.39 is 17.3 Å². The fourth-order valence-electron chi connectivity index (χ4n) is 4.23. The van der Waals surface area contributed by atoms with Gasteiger partial charge >= 0.3 is 11.8 Å². The molecule has 5 rings (SSSR count). The van der Waals surface area contributed by atoms with E-state index in [1.165, 1.54) is 4.57 Å². The van der Waals surface area contributed by atoms with Crippen molar-refractivity contribution >= 4 is 46.2 Å². The number of fused-ring (bicyclic) bond motifs is 2. The molecule has 1 aliphatic carbocycles. The van der Waals surface area contributed by atoms with Crippen molar-refractivity contribution in [2.45, 2.75) is 31.3 Å². The van der Waals surface area contributed by atoms with Gasteiger partial charge < -0.3 is 15.1 Å². The van der Waals surface area contributed by atoms with Gasteiger partial charge in [-0.25, -0.2) is 9.59 Å². The number of aromatic nitrogens is 1. The summed E-state index contributed by atoms with van der Waals surface area (Å²) >= 11 is 5.99. The number of aryl methyl sites for hydroxylation is 1. The Hall–Kier alpha value is -3.59. The number of nitrogens with zero attached hydrogens (tertiary/aromatic N) is 1. The highest BCUT2D eigenvalue weighted by molar-refractivity contribution is 6.31. The lowest BCUT2D eigenvalue weighted by atomic mass is 9.78. The quantitative estimate of drug-likeness (QED) is 0.537. The number of oxazole rings is 1. The van der Waals surface area contributed by atoms with Gasteiger partial charge in [0.15, 0.2) is 5.58 Å². The molecule has 4 amide bonds. The molecule has 3 N–H and O–H groups in total. The van der Waals surface area contributed by atoms with E-state index in [2.05, 4.69) is 16.0 Å². The predicted molar refractivity (Wildman–Crippen MR) is 112 cm³/mol. The van der Waals surface area contributed by atoms with Gasteiger partial charge in [-0.1, -0.05) is 17.7 Å². The monoisotopic (exact) mass is 440 g/mol. The van der Waals surface area contributed by atoms with E-state index in [-0.39, 0.29) is 18.4 Å². The van der Waals surface area contributed by atoms with E-state index in [9.17, 15) is 19.2 Å². The summed E-state index contributed by atoms with van der Waals surface area (Å²) in [5.74, 6) is -1.34. The van der Waals surface area contributed by atoms with Crippen molar-refractivity contribution in [2.75, 3.05) is 5.32 Å². The first-order chi connectivity index (χ1) is 14.8. The topological polar surface area (TPSA) is 122 Å². The van der Waals surface area contributed by atoms with Crippen LogP contribution in [0.5, 0.6) is 0 Å². The number of hydrogen-bond donors (Lipinski definition) is 3. The number of amides is 4. The number of nitrogens with one attached hydrogen (secondary N) is 3. The highest BCUT2D eigenvalue weighted by atomic mass is 35.5. The summed E-state index contributed by atoms with van der Waals surface area (Å²) in [6.45, 7) is -0.224. The van der Waals surface area contributed by atoms with E-state index in [0.29, 0.717) is 41.1 Å².